The number of aliphatic hydroxyl groups is 1. The summed E-state index contributed by atoms with van der Waals surface area (Å²) in [4.78, 5) is 11.8. The highest BCUT2D eigenvalue weighted by Gasteiger charge is 2.17. The van der Waals surface area contributed by atoms with Crippen molar-refractivity contribution in [1.29, 1.82) is 0 Å². The van der Waals surface area contributed by atoms with Gasteiger partial charge in [-0.05, 0) is 32.8 Å². The molecule has 0 saturated heterocycles. The summed E-state index contributed by atoms with van der Waals surface area (Å²) in [6.45, 7) is 9.90. The molecule has 5 nitrogen and oxygen atoms in total. The topological polar surface area (TPSA) is 74.5 Å². The van der Waals surface area contributed by atoms with Gasteiger partial charge in [-0.1, -0.05) is 20.3 Å². The van der Waals surface area contributed by atoms with Crippen molar-refractivity contribution < 1.29 is 14.3 Å². The van der Waals surface area contributed by atoms with Gasteiger partial charge in [0.1, 0.15) is 11.5 Å². The number of furan rings is 1. The monoisotopic (exact) mass is 282 g/mol. The maximum atomic E-state index is 11.8. The normalized spacial score (nSPS) is 15.5. The minimum Gasteiger partial charge on any atom is -0.466 e. The van der Waals surface area contributed by atoms with E-state index in [1.54, 1.807) is 0 Å². The molecule has 3 N–H and O–H groups in total. The molecule has 0 saturated carbocycles. The minimum absolute atomic E-state index is 0.131. The van der Waals surface area contributed by atoms with Crippen molar-refractivity contribution in [3.05, 3.63) is 23.2 Å². The Hall–Kier alpha value is -1.49. The molecule has 114 valence electrons. The number of hydrogen-bond donors (Lipinski definition) is 3. The maximum Gasteiger partial charge on any atom is 0.315 e. The van der Waals surface area contributed by atoms with E-state index in [-0.39, 0.29) is 24.5 Å². The summed E-state index contributed by atoms with van der Waals surface area (Å²) in [6.07, 6.45) is 0.368. The Morgan fingerprint density at radius 2 is 2.05 bits per heavy atom. The molecule has 0 bridgehead atoms. The van der Waals surface area contributed by atoms with Gasteiger partial charge in [0, 0.05) is 12.1 Å². The third kappa shape index (κ3) is 4.56. The Morgan fingerprint density at radius 1 is 1.40 bits per heavy atom. The lowest BCUT2D eigenvalue weighted by atomic mass is 10.0. The van der Waals surface area contributed by atoms with Crippen LogP contribution in [0.5, 0.6) is 0 Å². The fourth-order valence-corrected chi connectivity index (χ4v) is 2.08. The number of nitrogens with one attached hydrogen (secondary N) is 2. The summed E-state index contributed by atoms with van der Waals surface area (Å²) < 4.78 is 5.45. The Kier molecular flexibility index (Phi) is 6.07. The number of urea groups is 1. The van der Waals surface area contributed by atoms with Gasteiger partial charge in [-0.2, -0.15) is 0 Å². The second kappa shape index (κ2) is 7.33. The van der Waals surface area contributed by atoms with Gasteiger partial charge in [0.25, 0.3) is 0 Å². The third-order valence-electron chi connectivity index (χ3n) is 3.67. The highest BCUT2D eigenvalue weighted by molar-refractivity contribution is 5.74. The van der Waals surface area contributed by atoms with E-state index in [1.807, 2.05) is 40.7 Å². The number of aliphatic hydroxyl groups excluding tert-OH is 1. The zero-order chi connectivity index (χ0) is 15.3. The lowest BCUT2D eigenvalue weighted by Gasteiger charge is -2.19. The van der Waals surface area contributed by atoms with Crippen molar-refractivity contribution in [2.45, 2.75) is 53.2 Å². The predicted molar refractivity (Wildman–Crippen MR) is 78.6 cm³/mol. The number of rotatable bonds is 6. The van der Waals surface area contributed by atoms with Gasteiger partial charge >= 0.3 is 6.03 Å². The predicted octanol–water partition coefficient (Wildman–Crippen LogP) is 2.66. The van der Waals surface area contributed by atoms with E-state index in [0.29, 0.717) is 0 Å². The van der Waals surface area contributed by atoms with E-state index < -0.39 is 6.10 Å². The van der Waals surface area contributed by atoms with Crippen LogP contribution in [0.3, 0.4) is 0 Å². The summed E-state index contributed by atoms with van der Waals surface area (Å²) in [7, 11) is 0. The first-order valence-corrected chi connectivity index (χ1v) is 7.14. The van der Waals surface area contributed by atoms with E-state index >= 15 is 0 Å². The number of aryl methyl sites for hydroxylation is 2. The number of amides is 2. The van der Waals surface area contributed by atoms with Gasteiger partial charge in [0.05, 0.1) is 12.1 Å². The van der Waals surface area contributed by atoms with Crippen LogP contribution in [-0.4, -0.2) is 23.8 Å². The van der Waals surface area contributed by atoms with Crippen molar-refractivity contribution in [1.82, 2.24) is 10.6 Å². The Balaban J connectivity index is 2.44. The molecule has 2 amide bonds. The molecule has 0 aromatic carbocycles. The molecule has 3 atom stereocenters. The van der Waals surface area contributed by atoms with Gasteiger partial charge in [0.15, 0.2) is 0 Å². The van der Waals surface area contributed by atoms with Crippen LogP contribution >= 0.6 is 0 Å². The third-order valence-corrected chi connectivity index (χ3v) is 3.67. The smallest absolute Gasteiger partial charge is 0.315 e. The standard InChI is InChI=1S/C15H26N2O3/c1-6-9(2)14(18)8-16-15(19)17-11(4)13-7-10(3)20-12(13)5/h7,9,11,14,18H,6,8H2,1-5H3,(H2,16,17,19). The quantitative estimate of drug-likeness (QED) is 0.751. The number of carbonyl (C=O) groups excluding carboxylic acids is 1. The highest BCUT2D eigenvalue weighted by atomic mass is 16.3. The molecule has 0 radical (unpaired) electrons. The molecule has 0 spiro atoms. The minimum atomic E-state index is -0.515. The van der Waals surface area contributed by atoms with Gasteiger partial charge in [0.2, 0.25) is 0 Å². The lowest BCUT2D eigenvalue weighted by molar-refractivity contribution is 0.114. The molecular formula is C15H26N2O3. The van der Waals surface area contributed by atoms with Gasteiger partial charge in [-0.3, -0.25) is 0 Å². The SMILES string of the molecule is CCC(C)C(O)CNC(=O)NC(C)c1cc(C)oc1C. The van der Waals surface area contributed by atoms with Gasteiger partial charge < -0.3 is 20.2 Å². The Bertz CT molecular complexity index is 442. The van der Waals surface area contributed by atoms with E-state index in [0.717, 1.165) is 23.5 Å². The first-order valence-electron chi connectivity index (χ1n) is 7.14. The molecule has 0 fully saturated rings. The van der Waals surface area contributed by atoms with Crippen LogP contribution in [0.25, 0.3) is 0 Å². The molecule has 3 unspecified atom stereocenters. The zero-order valence-electron chi connectivity index (χ0n) is 13.0. The molecule has 0 aliphatic rings. The lowest BCUT2D eigenvalue weighted by Crippen LogP contribution is -2.42. The van der Waals surface area contributed by atoms with Crippen LogP contribution in [0.1, 0.15) is 50.3 Å². The van der Waals surface area contributed by atoms with Crippen molar-refractivity contribution in [2.24, 2.45) is 5.92 Å². The van der Waals surface area contributed by atoms with E-state index in [4.69, 9.17) is 4.42 Å². The molecule has 5 heteroatoms. The summed E-state index contributed by atoms with van der Waals surface area (Å²) >= 11 is 0. The highest BCUT2D eigenvalue weighted by Crippen LogP contribution is 2.20. The fourth-order valence-electron chi connectivity index (χ4n) is 2.08. The van der Waals surface area contributed by atoms with Crippen LogP contribution < -0.4 is 10.6 Å². The maximum absolute atomic E-state index is 11.8. The molecule has 1 heterocycles. The first-order chi connectivity index (χ1) is 9.35. The van der Waals surface area contributed by atoms with Crippen LogP contribution in [0.4, 0.5) is 4.79 Å². The second-order valence-electron chi connectivity index (χ2n) is 5.40. The summed E-state index contributed by atoms with van der Waals surface area (Å²) in [5.74, 6) is 1.82. The average molecular weight is 282 g/mol. The zero-order valence-corrected chi connectivity index (χ0v) is 13.0. The van der Waals surface area contributed by atoms with Gasteiger partial charge in [-0.15, -0.1) is 0 Å². The fraction of sp³-hybridized carbons (Fsp3) is 0.667. The summed E-state index contributed by atoms with van der Waals surface area (Å²) in [5.41, 5.74) is 0.972. The van der Waals surface area contributed by atoms with Crippen LogP contribution in [0.2, 0.25) is 0 Å². The van der Waals surface area contributed by atoms with Crippen molar-refractivity contribution in [2.75, 3.05) is 6.54 Å². The Morgan fingerprint density at radius 3 is 2.55 bits per heavy atom. The summed E-state index contributed by atoms with van der Waals surface area (Å²) in [5, 5.41) is 15.3. The molecule has 1 aromatic rings. The van der Waals surface area contributed by atoms with E-state index in [1.165, 1.54) is 0 Å². The average Bonchev–Trinajstić information content (AvgIpc) is 2.74. The van der Waals surface area contributed by atoms with Crippen LogP contribution in [0, 0.1) is 19.8 Å². The molecule has 1 aromatic heterocycles. The molecule has 0 aliphatic carbocycles. The number of hydrogen-bond acceptors (Lipinski definition) is 3. The number of carbonyl (C=O) groups is 1. The van der Waals surface area contributed by atoms with E-state index in [9.17, 15) is 9.90 Å². The molecule has 20 heavy (non-hydrogen) atoms. The first kappa shape index (κ1) is 16.6. The molecule has 0 aliphatic heterocycles. The largest absolute Gasteiger partial charge is 0.466 e. The van der Waals surface area contributed by atoms with Crippen molar-refractivity contribution in [3.63, 3.8) is 0 Å². The van der Waals surface area contributed by atoms with Crippen molar-refractivity contribution in [3.8, 4) is 0 Å². The van der Waals surface area contributed by atoms with Gasteiger partial charge in [-0.25, -0.2) is 4.79 Å². The van der Waals surface area contributed by atoms with Crippen LogP contribution in [-0.2, 0) is 0 Å². The van der Waals surface area contributed by atoms with Crippen LogP contribution in [0.15, 0.2) is 10.5 Å². The Labute approximate surface area is 120 Å². The second-order valence-corrected chi connectivity index (χ2v) is 5.40. The molecular weight excluding hydrogens is 256 g/mol. The summed E-state index contributed by atoms with van der Waals surface area (Å²) in [6, 6.07) is 1.51. The van der Waals surface area contributed by atoms with E-state index in [2.05, 4.69) is 10.6 Å². The molecule has 1 rings (SSSR count). The van der Waals surface area contributed by atoms with Crippen molar-refractivity contribution >= 4 is 6.03 Å².